The van der Waals surface area contributed by atoms with Crippen molar-refractivity contribution >= 4 is 22.3 Å². The van der Waals surface area contributed by atoms with Gasteiger partial charge in [-0.2, -0.15) is 0 Å². The van der Waals surface area contributed by atoms with E-state index >= 15 is 0 Å². The summed E-state index contributed by atoms with van der Waals surface area (Å²) in [6.07, 6.45) is 1.02. The van der Waals surface area contributed by atoms with Gasteiger partial charge in [0.1, 0.15) is 5.84 Å². The Balaban J connectivity index is 1.89. The average Bonchev–Trinajstić information content (AvgIpc) is 2.79. The van der Waals surface area contributed by atoms with E-state index in [9.17, 15) is 0 Å². The molecule has 4 aromatic rings. The second kappa shape index (κ2) is 9.20. The van der Waals surface area contributed by atoms with E-state index in [2.05, 4.69) is 115 Å². The van der Waals surface area contributed by atoms with E-state index in [1.54, 1.807) is 0 Å². The molecule has 4 aromatic carbocycles. The van der Waals surface area contributed by atoms with Crippen molar-refractivity contribution in [2.45, 2.75) is 19.9 Å². The number of aliphatic imine (C=N–C) groups is 1. The standard InChI is InChI=1S/C27H26N2/c1-2-20-28-27(24-15-7-4-8-16-24)29(21-22-12-5-3-6-13-22)26-19-11-17-23-14-9-10-18-25(23)26/h3-19H,2,20-21H2,1H3. The average molecular weight is 379 g/mol. The highest BCUT2D eigenvalue weighted by atomic mass is 15.2. The number of hydrogen-bond donors (Lipinski definition) is 0. The zero-order chi connectivity index (χ0) is 19.9. The summed E-state index contributed by atoms with van der Waals surface area (Å²) in [5.41, 5.74) is 3.59. The molecule has 0 radical (unpaired) electrons. The highest BCUT2D eigenvalue weighted by Crippen LogP contribution is 2.29. The van der Waals surface area contributed by atoms with Gasteiger partial charge >= 0.3 is 0 Å². The van der Waals surface area contributed by atoms with Gasteiger partial charge in [0.25, 0.3) is 0 Å². The van der Waals surface area contributed by atoms with Crippen LogP contribution in [0.15, 0.2) is 108 Å². The Hall–Kier alpha value is -3.39. The first-order valence-corrected chi connectivity index (χ1v) is 10.3. The third-order valence-corrected chi connectivity index (χ3v) is 5.01. The molecule has 29 heavy (non-hydrogen) atoms. The van der Waals surface area contributed by atoms with Crippen LogP contribution in [0, 0.1) is 0 Å². The van der Waals surface area contributed by atoms with Gasteiger partial charge in [-0.1, -0.05) is 104 Å². The van der Waals surface area contributed by atoms with Crippen LogP contribution in [-0.2, 0) is 6.54 Å². The molecule has 2 heteroatoms. The lowest BCUT2D eigenvalue weighted by atomic mass is 10.1. The Morgan fingerprint density at radius 1 is 0.724 bits per heavy atom. The lowest BCUT2D eigenvalue weighted by Gasteiger charge is -2.28. The number of anilines is 1. The predicted molar refractivity (Wildman–Crippen MR) is 125 cm³/mol. The summed E-state index contributed by atoms with van der Waals surface area (Å²) >= 11 is 0. The predicted octanol–water partition coefficient (Wildman–Crippen LogP) is 6.70. The molecule has 144 valence electrons. The highest BCUT2D eigenvalue weighted by Gasteiger charge is 2.18. The van der Waals surface area contributed by atoms with Gasteiger partial charge in [0.05, 0.1) is 5.69 Å². The van der Waals surface area contributed by atoms with Crippen molar-refractivity contribution in [2.75, 3.05) is 11.4 Å². The molecule has 0 heterocycles. The van der Waals surface area contributed by atoms with Crippen LogP contribution in [0.1, 0.15) is 24.5 Å². The fourth-order valence-corrected chi connectivity index (χ4v) is 3.62. The topological polar surface area (TPSA) is 15.6 Å². The molecule has 0 spiro atoms. The van der Waals surface area contributed by atoms with Gasteiger partial charge in [0.15, 0.2) is 0 Å². The van der Waals surface area contributed by atoms with Crippen molar-refractivity contribution in [3.05, 3.63) is 114 Å². The molecule has 0 N–H and O–H groups in total. The number of nitrogens with zero attached hydrogens (tertiary/aromatic N) is 2. The summed E-state index contributed by atoms with van der Waals surface area (Å²) in [4.78, 5) is 7.40. The van der Waals surface area contributed by atoms with Crippen LogP contribution in [0.4, 0.5) is 5.69 Å². The van der Waals surface area contributed by atoms with E-state index in [4.69, 9.17) is 4.99 Å². The van der Waals surface area contributed by atoms with E-state index in [-0.39, 0.29) is 0 Å². The monoisotopic (exact) mass is 378 g/mol. The van der Waals surface area contributed by atoms with Gasteiger partial charge in [-0.05, 0) is 23.4 Å². The van der Waals surface area contributed by atoms with E-state index in [0.717, 1.165) is 30.9 Å². The van der Waals surface area contributed by atoms with Gasteiger partial charge in [-0.3, -0.25) is 4.99 Å². The van der Waals surface area contributed by atoms with E-state index < -0.39 is 0 Å². The molecule has 4 rings (SSSR count). The van der Waals surface area contributed by atoms with Crippen LogP contribution in [0.25, 0.3) is 10.8 Å². The summed E-state index contributed by atoms with van der Waals surface area (Å²) < 4.78 is 0. The Morgan fingerprint density at radius 3 is 2.14 bits per heavy atom. The molecule has 0 aliphatic heterocycles. The molecule has 0 unspecified atom stereocenters. The lowest BCUT2D eigenvalue weighted by Crippen LogP contribution is -2.32. The van der Waals surface area contributed by atoms with Gasteiger partial charge in [0.2, 0.25) is 0 Å². The van der Waals surface area contributed by atoms with Crippen molar-refractivity contribution < 1.29 is 0 Å². The zero-order valence-electron chi connectivity index (χ0n) is 16.8. The summed E-state index contributed by atoms with van der Waals surface area (Å²) in [6, 6.07) is 36.2. The van der Waals surface area contributed by atoms with Gasteiger partial charge in [-0.15, -0.1) is 0 Å². The van der Waals surface area contributed by atoms with Gasteiger partial charge < -0.3 is 4.90 Å². The van der Waals surface area contributed by atoms with Crippen LogP contribution in [-0.4, -0.2) is 12.4 Å². The molecule has 0 amide bonds. The number of hydrogen-bond acceptors (Lipinski definition) is 1. The molecule has 0 bridgehead atoms. The molecule has 2 nitrogen and oxygen atoms in total. The number of fused-ring (bicyclic) bond motifs is 1. The SMILES string of the molecule is CCCN=C(c1ccccc1)N(Cc1ccccc1)c1cccc2ccccc12. The first-order chi connectivity index (χ1) is 14.4. The molecule has 0 fully saturated rings. The van der Waals surface area contributed by atoms with E-state index in [1.165, 1.54) is 22.0 Å². The van der Waals surface area contributed by atoms with E-state index in [0.29, 0.717) is 0 Å². The van der Waals surface area contributed by atoms with Crippen molar-refractivity contribution in [2.24, 2.45) is 4.99 Å². The molecule has 0 aliphatic carbocycles. The normalized spacial score (nSPS) is 11.6. The molecule has 0 saturated carbocycles. The highest BCUT2D eigenvalue weighted by molar-refractivity contribution is 6.13. The fraction of sp³-hybridized carbons (Fsp3) is 0.148. The van der Waals surface area contributed by atoms with Crippen molar-refractivity contribution in [3.8, 4) is 0 Å². The molecule has 0 aliphatic rings. The second-order valence-electron chi connectivity index (χ2n) is 7.14. The maximum absolute atomic E-state index is 5.03. The van der Waals surface area contributed by atoms with Crippen molar-refractivity contribution in [1.82, 2.24) is 0 Å². The van der Waals surface area contributed by atoms with Crippen LogP contribution < -0.4 is 4.90 Å². The zero-order valence-corrected chi connectivity index (χ0v) is 16.8. The lowest BCUT2D eigenvalue weighted by molar-refractivity contribution is 0.913. The Kier molecular flexibility index (Phi) is 6.01. The molecular weight excluding hydrogens is 352 g/mol. The quantitative estimate of drug-likeness (QED) is 0.269. The molecule has 0 saturated heterocycles. The molecular formula is C27H26N2. The minimum Gasteiger partial charge on any atom is -0.321 e. The largest absolute Gasteiger partial charge is 0.321 e. The Labute approximate surface area is 173 Å². The minimum absolute atomic E-state index is 0.770. The third-order valence-electron chi connectivity index (χ3n) is 5.01. The Morgan fingerprint density at radius 2 is 1.38 bits per heavy atom. The van der Waals surface area contributed by atoms with Gasteiger partial charge in [-0.25, -0.2) is 0 Å². The summed E-state index contributed by atoms with van der Waals surface area (Å²) in [5, 5.41) is 2.48. The Bertz CT molecular complexity index is 1080. The number of rotatable bonds is 6. The van der Waals surface area contributed by atoms with Crippen LogP contribution in [0.3, 0.4) is 0 Å². The summed E-state index contributed by atoms with van der Waals surface area (Å²) in [6.45, 7) is 3.75. The van der Waals surface area contributed by atoms with Crippen LogP contribution in [0.2, 0.25) is 0 Å². The second-order valence-corrected chi connectivity index (χ2v) is 7.14. The maximum atomic E-state index is 5.03. The molecule has 0 aromatic heterocycles. The van der Waals surface area contributed by atoms with Crippen LogP contribution in [0.5, 0.6) is 0 Å². The van der Waals surface area contributed by atoms with Crippen molar-refractivity contribution in [3.63, 3.8) is 0 Å². The van der Waals surface area contributed by atoms with Crippen molar-refractivity contribution in [1.29, 1.82) is 0 Å². The number of amidine groups is 1. The van der Waals surface area contributed by atoms with E-state index in [1.807, 2.05) is 0 Å². The van der Waals surface area contributed by atoms with Gasteiger partial charge in [0, 0.05) is 24.0 Å². The summed E-state index contributed by atoms with van der Waals surface area (Å²) in [5.74, 6) is 1.02. The number of benzene rings is 4. The maximum Gasteiger partial charge on any atom is 0.135 e. The smallest absolute Gasteiger partial charge is 0.135 e. The summed E-state index contributed by atoms with van der Waals surface area (Å²) in [7, 11) is 0. The minimum atomic E-state index is 0.770. The fourth-order valence-electron chi connectivity index (χ4n) is 3.62. The molecule has 0 atom stereocenters. The third kappa shape index (κ3) is 4.38. The first kappa shape index (κ1) is 18.9. The van der Waals surface area contributed by atoms with Crippen LogP contribution >= 0.6 is 0 Å². The first-order valence-electron chi connectivity index (χ1n) is 10.3.